The molecule has 0 aliphatic rings. The van der Waals surface area contributed by atoms with E-state index >= 15 is 0 Å². The van der Waals surface area contributed by atoms with E-state index in [2.05, 4.69) is 11.6 Å². The number of ether oxygens (including phenoxy) is 1. The maximum Gasteiger partial charge on any atom is 0.337 e. The molecule has 1 aromatic carbocycles. The molecule has 3 rings (SSSR count). The summed E-state index contributed by atoms with van der Waals surface area (Å²) >= 11 is 6.08. The minimum Gasteiger partial charge on any atom is -0.464 e. The van der Waals surface area contributed by atoms with Crippen molar-refractivity contribution in [3.05, 3.63) is 69.1 Å². The largest absolute Gasteiger partial charge is 0.464 e. The highest BCUT2D eigenvalue weighted by Crippen LogP contribution is 2.19. The molecule has 0 spiro atoms. The fraction of sp³-hybridized carbons (Fsp3) is 0.263. The first-order chi connectivity index (χ1) is 13.4. The lowest BCUT2D eigenvalue weighted by atomic mass is 10.3. The standard InChI is InChI=1S/C19H19ClN4O4/c1-4-9-22-17(25)15-16(21-11-23(15)12(3)18(26)28-5-2)24(19(22)27)14-8-6-7-13(20)10-14/h4,6-8,10-12H,1,5,9H2,2-3H3/t12-/m0/s1. The zero-order valence-electron chi connectivity index (χ0n) is 15.5. The number of fused-ring (bicyclic) bond motifs is 1. The number of aromatic nitrogens is 4. The Labute approximate surface area is 165 Å². The van der Waals surface area contributed by atoms with Crippen LogP contribution in [0.2, 0.25) is 5.02 Å². The van der Waals surface area contributed by atoms with E-state index in [9.17, 15) is 14.4 Å². The van der Waals surface area contributed by atoms with Gasteiger partial charge >= 0.3 is 11.7 Å². The van der Waals surface area contributed by atoms with Crippen LogP contribution in [0.4, 0.5) is 0 Å². The van der Waals surface area contributed by atoms with Crippen molar-refractivity contribution in [1.29, 1.82) is 0 Å². The molecule has 0 amide bonds. The molecule has 2 aromatic heterocycles. The number of carbonyl (C=O) groups is 1. The fourth-order valence-corrected chi connectivity index (χ4v) is 3.14. The van der Waals surface area contributed by atoms with Crippen LogP contribution in [-0.4, -0.2) is 31.3 Å². The molecular formula is C19H19ClN4O4. The third-order valence-corrected chi connectivity index (χ3v) is 4.51. The zero-order valence-corrected chi connectivity index (χ0v) is 16.2. The molecule has 0 saturated heterocycles. The topological polar surface area (TPSA) is 88.1 Å². The van der Waals surface area contributed by atoms with Crippen LogP contribution in [-0.2, 0) is 16.1 Å². The van der Waals surface area contributed by atoms with Crippen molar-refractivity contribution in [2.45, 2.75) is 26.4 Å². The van der Waals surface area contributed by atoms with Crippen molar-refractivity contribution in [3.63, 3.8) is 0 Å². The average molecular weight is 403 g/mol. The van der Waals surface area contributed by atoms with Crippen LogP contribution < -0.4 is 11.2 Å². The minimum absolute atomic E-state index is 0.00708. The molecule has 0 aliphatic carbocycles. The Bertz CT molecular complexity index is 1170. The molecule has 146 valence electrons. The third kappa shape index (κ3) is 3.27. The number of halogens is 1. The Morgan fingerprint density at radius 2 is 2.14 bits per heavy atom. The molecular weight excluding hydrogens is 384 g/mol. The first-order valence-corrected chi connectivity index (χ1v) is 9.04. The Balaban J connectivity index is 2.38. The Morgan fingerprint density at radius 3 is 2.79 bits per heavy atom. The monoisotopic (exact) mass is 402 g/mol. The number of allylic oxidation sites excluding steroid dienone is 1. The van der Waals surface area contributed by atoms with Crippen molar-refractivity contribution in [2.75, 3.05) is 6.61 Å². The SMILES string of the molecule is C=CCn1c(=O)c2c(ncn2[C@@H](C)C(=O)OCC)n(-c2cccc(Cl)c2)c1=O. The van der Waals surface area contributed by atoms with Gasteiger partial charge in [-0.25, -0.2) is 19.1 Å². The number of hydrogen-bond donors (Lipinski definition) is 0. The lowest BCUT2D eigenvalue weighted by Crippen LogP contribution is -2.40. The maximum absolute atomic E-state index is 13.0. The van der Waals surface area contributed by atoms with Gasteiger partial charge in [0.25, 0.3) is 5.56 Å². The molecule has 9 heteroatoms. The number of esters is 1. The van der Waals surface area contributed by atoms with Crippen molar-refractivity contribution in [3.8, 4) is 5.69 Å². The quantitative estimate of drug-likeness (QED) is 0.466. The number of imidazole rings is 1. The highest BCUT2D eigenvalue weighted by molar-refractivity contribution is 6.30. The molecule has 0 bridgehead atoms. The normalized spacial score (nSPS) is 12.1. The molecule has 0 N–H and O–H groups in total. The average Bonchev–Trinajstić information content (AvgIpc) is 3.09. The van der Waals surface area contributed by atoms with Gasteiger partial charge in [0, 0.05) is 11.6 Å². The first-order valence-electron chi connectivity index (χ1n) is 8.66. The summed E-state index contributed by atoms with van der Waals surface area (Å²) in [6, 6.07) is 5.86. The van der Waals surface area contributed by atoms with E-state index in [-0.39, 0.29) is 24.3 Å². The highest BCUT2D eigenvalue weighted by atomic mass is 35.5. The summed E-state index contributed by atoms with van der Waals surface area (Å²) < 4.78 is 8.79. The molecule has 28 heavy (non-hydrogen) atoms. The first kappa shape index (κ1) is 19.6. The summed E-state index contributed by atoms with van der Waals surface area (Å²) in [5.41, 5.74) is -0.439. The van der Waals surface area contributed by atoms with Crippen molar-refractivity contribution < 1.29 is 9.53 Å². The van der Waals surface area contributed by atoms with Crippen LogP contribution in [0.3, 0.4) is 0 Å². The van der Waals surface area contributed by atoms with Gasteiger partial charge < -0.3 is 9.30 Å². The number of rotatable bonds is 6. The highest BCUT2D eigenvalue weighted by Gasteiger charge is 2.24. The second kappa shape index (κ2) is 7.85. The minimum atomic E-state index is -0.792. The molecule has 0 aliphatic heterocycles. The third-order valence-electron chi connectivity index (χ3n) is 4.28. The van der Waals surface area contributed by atoms with E-state index < -0.39 is 23.3 Å². The predicted octanol–water partition coefficient (Wildman–Crippen LogP) is 2.31. The number of carbonyl (C=O) groups excluding carboxylic acids is 1. The summed E-state index contributed by atoms with van der Waals surface area (Å²) in [7, 11) is 0. The van der Waals surface area contributed by atoms with Crippen LogP contribution >= 0.6 is 11.6 Å². The van der Waals surface area contributed by atoms with E-state index in [1.165, 1.54) is 21.5 Å². The lowest BCUT2D eigenvalue weighted by molar-refractivity contribution is -0.146. The van der Waals surface area contributed by atoms with Crippen LogP contribution in [0.1, 0.15) is 19.9 Å². The van der Waals surface area contributed by atoms with Gasteiger partial charge in [0.15, 0.2) is 11.2 Å². The van der Waals surface area contributed by atoms with Gasteiger partial charge in [0.1, 0.15) is 6.04 Å². The number of nitrogens with zero attached hydrogens (tertiary/aromatic N) is 4. The van der Waals surface area contributed by atoms with Crippen LogP contribution in [0.25, 0.3) is 16.9 Å². The summed E-state index contributed by atoms with van der Waals surface area (Å²) in [5, 5.41) is 0.429. The van der Waals surface area contributed by atoms with Crippen LogP contribution in [0.5, 0.6) is 0 Å². The van der Waals surface area contributed by atoms with E-state index in [1.807, 2.05) is 0 Å². The molecule has 3 aromatic rings. The Morgan fingerprint density at radius 1 is 1.39 bits per heavy atom. The zero-order chi connectivity index (χ0) is 20.4. The van der Waals surface area contributed by atoms with E-state index in [1.54, 1.807) is 38.1 Å². The maximum atomic E-state index is 13.0. The van der Waals surface area contributed by atoms with E-state index in [0.717, 1.165) is 4.57 Å². The predicted molar refractivity (Wildman–Crippen MR) is 106 cm³/mol. The number of benzene rings is 1. The van der Waals surface area contributed by atoms with Gasteiger partial charge in [-0.2, -0.15) is 0 Å². The van der Waals surface area contributed by atoms with Gasteiger partial charge in [-0.05, 0) is 32.0 Å². The van der Waals surface area contributed by atoms with Gasteiger partial charge in [0.2, 0.25) is 0 Å². The summed E-state index contributed by atoms with van der Waals surface area (Å²) in [6.07, 6.45) is 2.80. The summed E-state index contributed by atoms with van der Waals surface area (Å²) in [5.74, 6) is -0.503. The van der Waals surface area contributed by atoms with E-state index in [4.69, 9.17) is 16.3 Å². The summed E-state index contributed by atoms with van der Waals surface area (Å²) in [4.78, 5) is 42.5. The molecule has 1 atom stereocenters. The molecule has 0 radical (unpaired) electrons. The molecule has 8 nitrogen and oxygen atoms in total. The van der Waals surface area contributed by atoms with Crippen LogP contribution in [0, 0.1) is 0 Å². The second-order valence-corrected chi connectivity index (χ2v) is 6.49. The van der Waals surface area contributed by atoms with Crippen molar-refractivity contribution in [1.82, 2.24) is 18.7 Å². The van der Waals surface area contributed by atoms with Gasteiger partial charge in [-0.15, -0.1) is 6.58 Å². The van der Waals surface area contributed by atoms with Gasteiger partial charge in [0.05, 0.1) is 18.6 Å². The Hall–Kier alpha value is -3.13. The van der Waals surface area contributed by atoms with Gasteiger partial charge in [-0.3, -0.25) is 9.36 Å². The van der Waals surface area contributed by atoms with Gasteiger partial charge in [-0.1, -0.05) is 23.7 Å². The smallest absolute Gasteiger partial charge is 0.337 e. The fourth-order valence-electron chi connectivity index (χ4n) is 2.96. The summed E-state index contributed by atoms with van der Waals surface area (Å²) in [6.45, 7) is 7.13. The number of hydrogen-bond acceptors (Lipinski definition) is 5. The van der Waals surface area contributed by atoms with Crippen molar-refractivity contribution in [2.24, 2.45) is 0 Å². The van der Waals surface area contributed by atoms with E-state index in [0.29, 0.717) is 10.7 Å². The molecule has 0 saturated carbocycles. The van der Waals surface area contributed by atoms with Crippen molar-refractivity contribution >= 4 is 28.7 Å². The second-order valence-electron chi connectivity index (χ2n) is 6.05. The molecule has 2 heterocycles. The molecule has 0 fully saturated rings. The lowest BCUT2D eigenvalue weighted by Gasteiger charge is -2.15. The Kier molecular flexibility index (Phi) is 5.51. The van der Waals surface area contributed by atoms with Crippen LogP contribution in [0.15, 0.2) is 52.8 Å². The molecule has 0 unspecified atom stereocenters.